The predicted molar refractivity (Wildman–Crippen MR) is 63.1 cm³/mol. The highest BCUT2D eigenvalue weighted by Crippen LogP contribution is 2.26. The van der Waals surface area contributed by atoms with E-state index in [1.165, 1.54) is 0 Å². The van der Waals surface area contributed by atoms with Crippen LogP contribution >= 0.6 is 22.9 Å². The Balaban J connectivity index is 2.24. The van der Waals surface area contributed by atoms with Crippen LogP contribution in [0.4, 0.5) is 4.79 Å². The fraction of sp³-hybridized carbons (Fsp3) is 0.200. The fourth-order valence-corrected chi connectivity index (χ4v) is 2.39. The standard InChI is InChI=1S/C10H7ClO5S/c11-6-4-8-7(16-10(14)17-8)3-5(6)1-2-15-9(12)13/h3-4H,1-2H2,(H,12,13). The molecule has 0 fully saturated rings. The fourth-order valence-electron chi connectivity index (χ4n) is 1.38. The lowest BCUT2D eigenvalue weighted by Gasteiger charge is -2.03. The van der Waals surface area contributed by atoms with Crippen LogP contribution in [-0.2, 0) is 11.2 Å². The van der Waals surface area contributed by atoms with Gasteiger partial charge < -0.3 is 14.3 Å². The highest BCUT2D eigenvalue weighted by molar-refractivity contribution is 7.16. The molecule has 1 aromatic heterocycles. The first kappa shape index (κ1) is 11.9. The third kappa shape index (κ3) is 2.78. The summed E-state index contributed by atoms with van der Waals surface area (Å²) >= 11 is 6.96. The number of carboxylic acid groups (broad SMARTS) is 1. The van der Waals surface area contributed by atoms with Gasteiger partial charge in [-0.25, -0.2) is 9.59 Å². The van der Waals surface area contributed by atoms with Crippen LogP contribution in [0, 0.1) is 0 Å². The zero-order valence-electron chi connectivity index (χ0n) is 8.44. The van der Waals surface area contributed by atoms with E-state index >= 15 is 0 Å². The van der Waals surface area contributed by atoms with Gasteiger partial charge in [-0.3, -0.25) is 0 Å². The molecule has 0 saturated carbocycles. The lowest BCUT2D eigenvalue weighted by Crippen LogP contribution is -2.04. The molecule has 17 heavy (non-hydrogen) atoms. The van der Waals surface area contributed by atoms with E-state index < -0.39 is 11.1 Å². The Kier molecular flexibility index (Phi) is 3.35. The number of benzene rings is 1. The van der Waals surface area contributed by atoms with Gasteiger partial charge in [0.15, 0.2) is 0 Å². The van der Waals surface area contributed by atoms with Gasteiger partial charge in [-0.15, -0.1) is 0 Å². The third-order valence-electron chi connectivity index (χ3n) is 2.10. The Hall–Kier alpha value is -1.53. The lowest BCUT2D eigenvalue weighted by molar-refractivity contribution is 0.0927. The number of hydrogen-bond acceptors (Lipinski definition) is 5. The van der Waals surface area contributed by atoms with E-state index in [1.807, 2.05) is 0 Å². The molecular formula is C10H7ClO5S. The molecule has 1 N–H and O–H groups in total. The molecule has 2 aromatic rings. The summed E-state index contributed by atoms with van der Waals surface area (Å²) in [5.41, 5.74) is 1.14. The summed E-state index contributed by atoms with van der Waals surface area (Å²) in [6.45, 7) is 0.00886. The van der Waals surface area contributed by atoms with Gasteiger partial charge in [0, 0.05) is 11.4 Å². The minimum absolute atomic E-state index is 0.00886. The molecular weight excluding hydrogens is 268 g/mol. The van der Waals surface area contributed by atoms with E-state index in [0.717, 1.165) is 11.3 Å². The van der Waals surface area contributed by atoms with Gasteiger partial charge in [-0.05, 0) is 17.7 Å². The summed E-state index contributed by atoms with van der Waals surface area (Å²) in [6, 6.07) is 3.25. The van der Waals surface area contributed by atoms with Gasteiger partial charge in [-0.1, -0.05) is 22.9 Å². The summed E-state index contributed by atoms with van der Waals surface area (Å²) in [5, 5.41) is 8.78. The monoisotopic (exact) mass is 274 g/mol. The molecule has 0 aliphatic carbocycles. The Bertz CT molecular complexity index is 615. The second-order valence-electron chi connectivity index (χ2n) is 3.21. The average Bonchev–Trinajstić information content (AvgIpc) is 2.57. The largest absolute Gasteiger partial charge is 0.505 e. The number of ether oxygens (including phenoxy) is 1. The summed E-state index contributed by atoms with van der Waals surface area (Å²) in [7, 11) is 0. The Morgan fingerprint density at radius 3 is 3.00 bits per heavy atom. The number of rotatable bonds is 3. The smallest absolute Gasteiger partial charge is 0.450 e. The number of carbonyl (C=O) groups is 1. The van der Waals surface area contributed by atoms with Crippen LogP contribution in [0.5, 0.6) is 0 Å². The summed E-state index contributed by atoms with van der Waals surface area (Å²) in [4.78, 5) is 20.8. The maximum Gasteiger partial charge on any atom is 0.505 e. The van der Waals surface area contributed by atoms with E-state index in [-0.39, 0.29) is 6.61 Å². The molecule has 0 aliphatic heterocycles. The van der Waals surface area contributed by atoms with Crippen molar-refractivity contribution in [3.8, 4) is 0 Å². The highest BCUT2D eigenvalue weighted by Gasteiger charge is 2.08. The Morgan fingerprint density at radius 1 is 1.53 bits per heavy atom. The van der Waals surface area contributed by atoms with Crippen LogP contribution in [0.1, 0.15) is 5.56 Å². The minimum Gasteiger partial charge on any atom is -0.450 e. The van der Waals surface area contributed by atoms with Gasteiger partial charge >= 0.3 is 11.1 Å². The Morgan fingerprint density at radius 2 is 2.29 bits per heavy atom. The van der Waals surface area contributed by atoms with E-state index in [2.05, 4.69) is 4.74 Å². The van der Waals surface area contributed by atoms with Crippen LogP contribution in [0.25, 0.3) is 10.3 Å². The number of halogens is 1. The van der Waals surface area contributed by atoms with Crippen molar-refractivity contribution in [2.24, 2.45) is 0 Å². The molecule has 0 atom stereocenters. The highest BCUT2D eigenvalue weighted by atomic mass is 35.5. The molecule has 1 aromatic carbocycles. The minimum atomic E-state index is -1.33. The second kappa shape index (κ2) is 4.77. The molecule has 5 nitrogen and oxygen atoms in total. The zero-order valence-corrected chi connectivity index (χ0v) is 10.0. The molecule has 2 rings (SSSR count). The molecule has 7 heteroatoms. The average molecular weight is 275 g/mol. The normalized spacial score (nSPS) is 10.6. The van der Waals surface area contributed by atoms with Gasteiger partial charge in [0.1, 0.15) is 5.58 Å². The van der Waals surface area contributed by atoms with Gasteiger partial charge in [0.05, 0.1) is 11.3 Å². The first-order chi connectivity index (χ1) is 8.06. The van der Waals surface area contributed by atoms with Crippen LogP contribution in [-0.4, -0.2) is 17.9 Å². The maximum atomic E-state index is 11.0. The molecule has 0 aliphatic rings. The summed E-state index contributed by atoms with van der Waals surface area (Å²) in [6.07, 6.45) is -0.995. The quantitative estimate of drug-likeness (QED) is 0.871. The van der Waals surface area contributed by atoms with Crippen molar-refractivity contribution in [3.05, 3.63) is 32.5 Å². The van der Waals surface area contributed by atoms with Crippen molar-refractivity contribution in [2.45, 2.75) is 6.42 Å². The third-order valence-corrected chi connectivity index (χ3v) is 3.24. The second-order valence-corrected chi connectivity index (χ2v) is 4.59. The lowest BCUT2D eigenvalue weighted by atomic mass is 10.1. The van der Waals surface area contributed by atoms with Crippen molar-refractivity contribution in [1.29, 1.82) is 0 Å². The van der Waals surface area contributed by atoms with Crippen LogP contribution in [0.2, 0.25) is 5.02 Å². The van der Waals surface area contributed by atoms with E-state index in [4.69, 9.17) is 21.1 Å². The van der Waals surface area contributed by atoms with E-state index in [1.54, 1.807) is 12.1 Å². The van der Waals surface area contributed by atoms with Crippen molar-refractivity contribution in [2.75, 3.05) is 6.61 Å². The molecule has 0 unspecified atom stereocenters. The van der Waals surface area contributed by atoms with Crippen LogP contribution in [0.3, 0.4) is 0 Å². The van der Waals surface area contributed by atoms with Gasteiger partial charge in [-0.2, -0.15) is 0 Å². The van der Waals surface area contributed by atoms with E-state index in [0.29, 0.717) is 27.3 Å². The van der Waals surface area contributed by atoms with Crippen molar-refractivity contribution in [1.82, 2.24) is 0 Å². The molecule has 0 radical (unpaired) electrons. The molecule has 0 saturated heterocycles. The topological polar surface area (TPSA) is 76.7 Å². The predicted octanol–water partition coefficient (Wildman–Crippen LogP) is 2.75. The molecule has 0 spiro atoms. The van der Waals surface area contributed by atoms with Crippen molar-refractivity contribution in [3.63, 3.8) is 0 Å². The van der Waals surface area contributed by atoms with Gasteiger partial charge in [0.25, 0.3) is 0 Å². The first-order valence-electron chi connectivity index (χ1n) is 4.64. The number of fused-ring (bicyclic) bond motifs is 1. The zero-order chi connectivity index (χ0) is 12.4. The summed E-state index contributed by atoms with van der Waals surface area (Å²) < 4.78 is 9.99. The maximum absolute atomic E-state index is 11.0. The Labute approximate surface area is 104 Å². The van der Waals surface area contributed by atoms with Crippen molar-refractivity contribution < 1.29 is 19.1 Å². The summed E-state index contributed by atoms with van der Waals surface area (Å²) in [5.74, 6) is 0. The number of hydrogen-bond donors (Lipinski definition) is 1. The molecule has 0 bridgehead atoms. The van der Waals surface area contributed by atoms with Crippen LogP contribution in [0.15, 0.2) is 21.3 Å². The van der Waals surface area contributed by atoms with Crippen molar-refractivity contribution >= 4 is 39.4 Å². The van der Waals surface area contributed by atoms with Crippen LogP contribution < -0.4 is 4.94 Å². The molecule has 90 valence electrons. The van der Waals surface area contributed by atoms with Gasteiger partial charge in [0.2, 0.25) is 0 Å². The first-order valence-corrected chi connectivity index (χ1v) is 5.83. The van der Waals surface area contributed by atoms with E-state index in [9.17, 15) is 9.59 Å². The SMILES string of the molecule is O=C(O)OCCc1cc2oc(=O)sc2cc1Cl. The molecule has 1 heterocycles. The molecule has 0 amide bonds.